The number of aromatic hydroxyl groups is 1. The van der Waals surface area contributed by atoms with Gasteiger partial charge in [0.25, 0.3) is 11.6 Å². The van der Waals surface area contributed by atoms with E-state index in [2.05, 4.69) is 47.5 Å². The van der Waals surface area contributed by atoms with Gasteiger partial charge >= 0.3 is 0 Å². The minimum Gasteiger partial charge on any atom is -0.504 e. The van der Waals surface area contributed by atoms with Crippen LogP contribution in [0.15, 0.2) is 56.6 Å². The number of nitro groups is 1. The third kappa shape index (κ3) is 5.47. The van der Waals surface area contributed by atoms with Crippen LogP contribution in [0.25, 0.3) is 0 Å². The largest absolute Gasteiger partial charge is 0.504 e. The summed E-state index contributed by atoms with van der Waals surface area (Å²) >= 11 is 6.68. The van der Waals surface area contributed by atoms with E-state index in [1.54, 1.807) is 10.9 Å². The highest BCUT2D eigenvalue weighted by Crippen LogP contribution is 2.33. The van der Waals surface area contributed by atoms with Crippen molar-refractivity contribution in [1.82, 2.24) is 15.2 Å². The first kappa shape index (κ1) is 22.4. The fourth-order valence-electron chi connectivity index (χ4n) is 2.60. The summed E-state index contributed by atoms with van der Waals surface area (Å²) in [6.07, 6.45) is 2.74. The number of phenolic OH excluding ortho intramolecular Hbond substituents is 1. The molecule has 2 aromatic carbocycles. The Morgan fingerprint density at radius 3 is 2.71 bits per heavy atom. The number of carbonyl (C=O) groups is 1. The average Bonchev–Trinajstić information content (AvgIpc) is 3.10. The van der Waals surface area contributed by atoms with Crippen molar-refractivity contribution in [3.05, 3.63) is 78.5 Å². The lowest BCUT2D eigenvalue weighted by Gasteiger charge is -2.05. The lowest BCUT2D eigenvalue weighted by Crippen LogP contribution is -2.19. The molecule has 0 unspecified atom stereocenters. The zero-order chi connectivity index (χ0) is 22.5. The van der Waals surface area contributed by atoms with Crippen LogP contribution >= 0.6 is 31.9 Å². The molecular formula is C19H15Br2N5O5. The van der Waals surface area contributed by atoms with Gasteiger partial charge in [-0.05, 0) is 33.6 Å². The molecule has 0 spiro atoms. The van der Waals surface area contributed by atoms with Crippen molar-refractivity contribution in [2.75, 3.05) is 7.11 Å². The van der Waals surface area contributed by atoms with Gasteiger partial charge in [-0.2, -0.15) is 10.2 Å². The van der Waals surface area contributed by atoms with E-state index in [4.69, 9.17) is 4.74 Å². The van der Waals surface area contributed by atoms with Gasteiger partial charge in [0.2, 0.25) is 0 Å². The molecule has 0 aliphatic carbocycles. The van der Waals surface area contributed by atoms with E-state index in [0.717, 1.165) is 28.4 Å². The molecular weight excluding hydrogens is 538 g/mol. The van der Waals surface area contributed by atoms with Gasteiger partial charge in [0.15, 0.2) is 17.2 Å². The molecule has 0 bridgehead atoms. The zero-order valence-electron chi connectivity index (χ0n) is 16.0. The Bertz CT molecular complexity index is 1160. The number of aromatic nitrogens is 2. The molecule has 1 heterocycles. The van der Waals surface area contributed by atoms with E-state index in [1.165, 1.54) is 7.11 Å². The number of hydrogen-bond acceptors (Lipinski definition) is 7. The molecule has 1 amide bonds. The summed E-state index contributed by atoms with van der Waals surface area (Å²) in [6, 6.07) is 9.88. The summed E-state index contributed by atoms with van der Waals surface area (Å²) in [4.78, 5) is 22.8. The molecule has 0 atom stereocenters. The number of nitrogens with zero attached hydrogens (tertiary/aromatic N) is 4. The summed E-state index contributed by atoms with van der Waals surface area (Å²) in [5, 5.41) is 29.1. The lowest BCUT2D eigenvalue weighted by atomic mass is 10.2. The number of hydrazone groups is 1. The second-order valence-corrected chi connectivity index (χ2v) is 7.96. The fraction of sp³-hybridized carbons (Fsp3) is 0.105. The van der Waals surface area contributed by atoms with Gasteiger partial charge in [0, 0.05) is 22.3 Å². The number of benzene rings is 2. The van der Waals surface area contributed by atoms with Gasteiger partial charge in [-0.25, -0.2) is 5.43 Å². The summed E-state index contributed by atoms with van der Waals surface area (Å²) in [6.45, 7) is 0.462. The predicted molar refractivity (Wildman–Crippen MR) is 120 cm³/mol. The van der Waals surface area contributed by atoms with E-state index in [-0.39, 0.29) is 28.4 Å². The quantitative estimate of drug-likeness (QED) is 0.260. The molecule has 0 radical (unpaired) electrons. The smallest absolute Gasteiger partial charge is 0.293 e. The number of halogens is 2. The van der Waals surface area contributed by atoms with Gasteiger partial charge in [0.1, 0.15) is 0 Å². The number of hydrogen-bond donors (Lipinski definition) is 2. The van der Waals surface area contributed by atoms with Crippen molar-refractivity contribution in [2.24, 2.45) is 5.10 Å². The normalized spacial score (nSPS) is 10.9. The van der Waals surface area contributed by atoms with E-state index >= 15 is 0 Å². The molecule has 10 nitrogen and oxygen atoms in total. The number of amides is 1. The highest BCUT2D eigenvalue weighted by atomic mass is 79.9. The van der Waals surface area contributed by atoms with Crippen LogP contribution in [0.4, 0.5) is 5.69 Å². The van der Waals surface area contributed by atoms with Crippen LogP contribution in [0.3, 0.4) is 0 Å². The summed E-state index contributed by atoms with van der Waals surface area (Å²) in [5.41, 5.74) is 3.10. The van der Waals surface area contributed by atoms with Gasteiger partial charge in [-0.3, -0.25) is 19.6 Å². The summed E-state index contributed by atoms with van der Waals surface area (Å²) < 4.78 is 7.95. The van der Waals surface area contributed by atoms with Gasteiger partial charge in [-0.15, -0.1) is 0 Å². The molecule has 0 saturated heterocycles. The number of carbonyl (C=O) groups excluding carboxylic acids is 1. The van der Waals surface area contributed by atoms with Crippen LogP contribution in [0, 0.1) is 10.1 Å². The fourth-order valence-corrected chi connectivity index (χ4v) is 3.36. The number of rotatable bonds is 7. The van der Waals surface area contributed by atoms with E-state index in [0.29, 0.717) is 11.0 Å². The van der Waals surface area contributed by atoms with Crippen LogP contribution < -0.4 is 10.2 Å². The first-order valence-corrected chi connectivity index (χ1v) is 10.2. The minimum atomic E-state index is -0.632. The first-order valence-electron chi connectivity index (χ1n) is 8.64. The topological polar surface area (TPSA) is 132 Å². The van der Waals surface area contributed by atoms with Crippen molar-refractivity contribution in [1.29, 1.82) is 0 Å². The number of methoxy groups -OCH3 is 1. The molecule has 1 aromatic heterocycles. The van der Waals surface area contributed by atoms with E-state index in [1.807, 2.05) is 24.3 Å². The maximum absolute atomic E-state index is 12.4. The molecule has 160 valence electrons. The molecule has 3 aromatic rings. The van der Waals surface area contributed by atoms with Crippen LogP contribution in [0.1, 0.15) is 21.6 Å². The van der Waals surface area contributed by atoms with Crippen LogP contribution in [0.2, 0.25) is 0 Å². The number of nitro benzene ring substituents is 1. The van der Waals surface area contributed by atoms with Gasteiger partial charge in [0.05, 0.1) is 35.3 Å². The SMILES string of the molecule is COc1cc([N+](=O)[O-])cc(C=NNC(=O)c2nn(Cc3ccc(Br)cc3)cc2Br)c1O. The molecule has 2 N–H and O–H groups in total. The van der Waals surface area contributed by atoms with Crippen LogP contribution in [-0.2, 0) is 6.54 Å². The second-order valence-electron chi connectivity index (χ2n) is 6.19. The Balaban J connectivity index is 1.73. The standard InChI is InChI=1S/C19H15Br2N5O5/c1-31-16-7-14(26(29)30)6-12(18(16)27)8-22-23-19(28)17-15(21)10-25(24-17)9-11-2-4-13(20)5-3-11/h2-8,10,27H,9H2,1H3,(H,23,28). The maximum Gasteiger partial charge on any atom is 0.293 e. The van der Waals surface area contributed by atoms with Crippen molar-refractivity contribution < 1.29 is 19.6 Å². The van der Waals surface area contributed by atoms with Gasteiger partial charge in [-0.1, -0.05) is 28.1 Å². The zero-order valence-corrected chi connectivity index (χ0v) is 19.1. The van der Waals surface area contributed by atoms with Crippen molar-refractivity contribution in [3.63, 3.8) is 0 Å². The van der Waals surface area contributed by atoms with E-state index < -0.39 is 10.8 Å². The maximum atomic E-state index is 12.4. The third-order valence-electron chi connectivity index (χ3n) is 4.08. The highest BCUT2D eigenvalue weighted by molar-refractivity contribution is 9.10. The Labute approximate surface area is 192 Å². The van der Waals surface area contributed by atoms with Crippen LogP contribution in [0.5, 0.6) is 11.5 Å². The Kier molecular flexibility index (Phi) is 7.02. The Hall–Kier alpha value is -3.25. The minimum absolute atomic E-state index is 0.00573. The Morgan fingerprint density at radius 1 is 1.35 bits per heavy atom. The van der Waals surface area contributed by atoms with E-state index in [9.17, 15) is 20.0 Å². The Morgan fingerprint density at radius 2 is 2.06 bits per heavy atom. The van der Waals surface area contributed by atoms with Crippen molar-refractivity contribution in [2.45, 2.75) is 6.54 Å². The van der Waals surface area contributed by atoms with Crippen LogP contribution in [-0.4, -0.2) is 39.0 Å². The molecule has 0 aliphatic heterocycles. The lowest BCUT2D eigenvalue weighted by molar-refractivity contribution is -0.385. The third-order valence-corrected chi connectivity index (χ3v) is 5.19. The molecule has 0 aliphatic rings. The molecule has 3 rings (SSSR count). The number of non-ortho nitro benzene ring substituents is 1. The monoisotopic (exact) mass is 551 g/mol. The van der Waals surface area contributed by atoms with Gasteiger partial charge < -0.3 is 9.84 Å². The summed E-state index contributed by atoms with van der Waals surface area (Å²) in [5.74, 6) is -1.03. The van der Waals surface area contributed by atoms with Crippen molar-refractivity contribution >= 4 is 49.7 Å². The number of nitrogens with one attached hydrogen (secondary N) is 1. The average molecular weight is 553 g/mol. The molecule has 31 heavy (non-hydrogen) atoms. The first-order chi connectivity index (χ1) is 14.8. The second kappa shape index (κ2) is 9.71. The number of ether oxygens (including phenoxy) is 1. The number of phenols is 1. The molecule has 12 heteroatoms. The molecule has 0 fully saturated rings. The molecule has 0 saturated carbocycles. The van der Waals surface area contributed by atoms with Crippen molar-refractivity contribution in [3.8, 4) is 11.5 Å². The summed E-state index contributed by atoms with van der Waals surface area (Å²) in [7, 11) is 1.27. The highest BCUT2D eigenvalue weighted by Gasteiger charge is 2.17. The predicted octanol–water partition coefficient (Wildman–Crippen LogP) is 3.84.